The highest BCUT2D eigenvalue weighted by molar-refractivity contribution is 7.99. The first-order valence-corrected chi connectivity index (χ1v) is 11.7. The van der Waals surface area contributed by atoms with Crippen LogP contribution in [-0.4, -0.2) is 47.0 Å². The number of hydrogen-bond acceptors (Lipinski definition) is 7. The predicted molar refractivity (Wildman–Crippen MR) is 117 cm³/mol. The third-order valence-electron chi connectivity index (χ3n) is 4.18. The topological polar surface area (TPSA) is 81.2 Å². The summed E-state index contributed by atoms with van der Waals surface area (Å²) in [6.07, 6.45) is 3.48. The van der Waals surface area contributed by atoms with Crippen LogP contribution in [0.5, 0.6) is 0 Å². The van der Waals surface area contributed by atoms with Crippen LogP contribution in [0.2, 0.25) is 0 Å². The maximum absolute atomic E-state index is 11.9. The van der Waals surface area contributed by atoms with E-state index in [4.69, 9.17) is 4.74 Å². The molecule has 0 unspecified atom stereocenters. The molecule has 29 heavy (non-hydrogen) atoms. The van der Waals surface area contributed by atoms with Crippen molar-refractivity contribution in [1.29, 1.82) is 0 Å². The van der Waals surface area contributed by atoms with Crippen molar-refractivity contribution in [3.05, 3.63) is 47.3 Å². The summed E-state index contributed by atoms with van der Waals surface area (Å²) in [5.41, 5.74) is 2.71. The molecule has 0 radical (unpaired) electrons. The van der Waals surface area contributed by atoms with Crippen molar-refractivity contribution >= 4 is 35.4 Å². The lowest BCUT2D eigenvalue weighted by Crippen LogP contribution is -2.29. The first-order chi connectivity index (χ1) is 14.0. The van der Waals surface area contributed by atoms with Gasteiger partial charge in [0.1, 0.15) is 0 Å². The Balaban J connectivity index is 1.60. The first-order valence-electron chi connectivity index (χ1n) is 9.48. The Labute approximate surface area is 180 Å². The molecule has 0 saturated carbocycles. The molecule has 0 saturated heterocycles. The number of nitrogens with zero attached hydrogens (tertiary/aromatic N) is 2. The van der Waals surface area contributed by atoms with Crippen molar-refractivity contribution in [1.82, 2.24) is 15.3 Å². The van der Waals surface area contributed by atoms with E-state index in [0.717, 1.165) is 34.3 Å². The highest BCUT2D eigenvalue weighted by atomic mass is 32.2. The number of ether oxygens (including phenoxy) is 1. The number of aromatic nitrogens is 2. The molecule has 2 aromatic rings. The third-order valence-corrected chi connectivity index (χ3v) is 5.83. The van der Waals surface area contributed by atoms with E-state index in [2.05, 4.69) is 27.4 Å². The second kappa shape index (κ2) is 12.5. The van der Waals surface area contributed by atoms with Crippen molar-refractivity contribution in [2.24, 2.45) is 0 Å². The monoisotopic (exact) mass is 433 g/mol. The number of amides is 1. The molecule has 8 heteroatoms. The summed E-state index contributed by atoms with van der Waals surface area (Å²) < 4.78 is 5.08. The van der Waals surface area contributed by atoms with E-state index in [0.29, 0.717) is 13.0 Å². The molecular formula is C21H27N3O3S2. The van der Waals surface area contributed by atoms with E-state index >= 15 is 0 Å². The van der Waals surface area contributed by atoms with Crippen LogP contribution in [0.3, 0.4) is 0 Å². The van der Waals surface area contributed by atoms with E-state index in [9.17, 15) is 9.59 Å². The molecule has 0 atom stereocenters. The molecule has 1 aromatic heterocycles. The van der Waals surface area contributed by atoms with Crippen LogP contribution in [0.15, 0.2) is 40.4 Å². The molecule has 1 N–H and O–H groups in total. The zero-order valence-corrected chi connectivity index (χ0v) is 18.7. The molecular weight excluding hydrogens is 406 g/mol. The largest absolute Gasteiger partial charge is 0.456 e. The maximum atomic E-state index is 11.9. The van der Waals surface area contributed by atoms with Gasteiger partial charge in [0.15, 0.2) is 11.8 Å². The fourth-order valence-corrected chi connectivity index (χ4v) is 4.00. The lowest BCUT2D eigenvalue weighted by atomic mass is 10.1. The summed E-state index contributed by atoms with van der Waals surface area (Å²) in [7, 11) is 0. The molecule has 0 spiro atoms. The summed E-state index contributed by atoms with van der Waals surface area (Å²) in [6, 6.07) is 10.1. The maximum Gasteiger partial charge on any atom is 0.306 e. The molecule has 1 amide bonds. The van der Waals surface area contributed by atoms with Crippen molar-refractivity contribution in [3.63, 3.8) is 0 Å². The van der Waals surface area contributed by atoms with E-state index in [1.807, 2.05) is 38.3 Å². The summed E-state index contributed by atoms with van der Waals surface area (Å²) in [4.78, 5) is 33.8. The number of aryl methyl sites for hydroxylation is 2. The van der Waals surface area contributed by atoms with Gasteiger partial charge in [-0.1, -0.05) is 30.0 Å². The Bertz CT molecular complexity index is 793. The molecule has 0 aliphatic carbocycles. The van der Waals surface area contributed by atoms with Crippen molar-refractivity contribution < 1.29 is 14.3 Å². The second-order valence-electron chi connectivity index (χ2n) is 6.39. The molecule has 1 heterocycles. The number of thioether (sulfide) groups is 2. The van der Waals surface area contributed by atoms with E-state index < -0.39 is 5.97 Å². The minimum Gasteiger partial charge on any atom is -0.456 e. The van der Waals surface area contributed by atoms with Gasteiger partial charge in [-0.05, 0) is 56.4 Å². The van der Waals surface area contributed by atoms with Crippen LogP contribution < -0.4 is 5.32 Å². The number of rotatable bonds is 11. The van der Waals surface area contributed by atoms with Gasteiger partial charge >= 0.3 is 5.97 Å². The molecule has 0 aliphatic heterocycles. The highest BCUT2D eigenvalue weighted by Gasteiger charge is 2.12. The van der Waals surface area contributed by atoms with E-state index in [1.54, 1.807) is 11.8 Å². The van der Waals surface area contributed by atoms with Gasteiger partial charge < -0.3 is 10.1 Å². The van der Waals surface area contributed by atoms with Gasteiger partial charge in [-0.25, -0.2) is 9.97 Å². The normalized spacial score (nSPS) is 10.6. The highest BCUT2D eigenvalue weighted by Crippen LogP contribution is 2.18. The Morgan fingerprint density at radius 2 is 1.79 bits per heavy atom. The van der Waals surface area contributed by atoms with Gasteiger partial charge in [-0.2, -0.15) is 0 Å². The zero-order chi connectivity index (χ0) is 21.1. The quantitative estimate of drug-likeness (QED) is 0.251. The number of carbonyl (C=O) groups excluding carboxylic acids is 2. The Hall–Kier alpha value is -2.06. The van der Waals surface area contributed by atoms with Gasteiger partial charge in [-0.15, -0.1) is 11.8 Å². The average molecular weight is 434 g/mol. The molecule has 0 aliphatic rings. The second-order valence-corrected chi connectivity index (χ2v) is 8.33. The Kier molecular flexibility index (Phi) is 10.0. The van der Waals surface area contributed by atoms with Gasteiger partial charge in [0.25, 0.3) is 5.91 Å². The zero-order valence-electron chi connectivity index (χ0n) is 17.1. The van der Waals surface area contributed by atoms with Crippen LogP contribution >= 0.6 is 23.5 Å². The van der Waals surface area contributed by atoms with E-state index in [-0.39, 0.29) is 18.9 Å². The van der Waals surface area contributed by atoms with Crippen molar-refractivity contribution in [2.75, 3.05) is 25.2 Å². The number of carbonyl (C=O) groups is 2. The molecule has 2 rings (SSSR count). The van der Waals surface area contributed by atoms with Crippen LogP contribution in [0.1, 0.15) is 29.8 Å². The van der Waals surface area contributed by atoms with Crippen LogP contribution in [0.25, 0.3) is 0 Å². The van der Waals surface area contributed by atoms with Gasteiger partial charge in [0.2, 0.25) is 0 Å². The first kappa shape index (κ1) is 23.2. The van der Waals surface area contributed by atoms with Gasteiger partial charge in [0.05, 0.1) is 0 Å². The molecule has 156 valence electrons. The molecule has 1 aromatic carbocycles. The smallest absolute Gasteiger partial charge is 0.306 e. The SMILES string of the molecule is CSc1nc(C)c(CCC(=O)OCC(=O)NCCCSc2ccccc2)c(C)n1. The average Bonchev–Trinajstić information content (AvgIpc) is 2.72. The summed E-state index contributed by atoms with van der Waals surface area (Å²) in [5.74, 6) is 0.246. The minimum atomic E-state index is -0.396. The lowest BCUT2D eigenvalue weighted by molar-refractivity contribution is -0.148. The van der Waals surface area contributed by atoms with Gasteiger partial charge in [0, 0.05) is 29.2 Å². The van der Waals surface area contributed by atoms with E-state index in [1.165, 1.54) is 16.7 Å². The molecule has 0 bridgehead atoms. The van der Waals surface area contributed by atoms with Crippen molar-refractivity contribution in [2.45, 2.75) is 43.2 Å². The van der Waals surface area contributed by atoms with Crippen LogP contribution in [-0.2, 0) is 20.7 Å². The third kappa shape index (κ3) is 8.45. The fourth-order valence-electron chi connectivity index (χ4n) is 2.66. The lowest BCUT2D eigenvalue weighted by Gasteiger charge is -2.10. The van der Waals surface area contributed by atoms with Crippen molar-refractivity contribution in [3.8, 4) is 0 Å². The fraction of sp³-hybridized carbons (Fsp3) is 0.429. The van der Waals surface area contributed by atoms with Crippen LogP contribution in [0, 0.1) is 13.8 Å². The summed E-state index contributed by atoms with van der Waals surface area (Å²) >= 11 is 3.24. The number of esters is 1. The number of hydrogen-bond donors (Lipinski definition) is 1. The van der Waals surface area contributed by atoms with Crippen LogP contribution in [0.4, 0.5) is 0 Å². The number of benzene rings is 1. The predicted octanol–water partition coefficient (Wildman–Crippen LogP) is 3.59. The Morgan fingerprint density at radius 1 is 1.10 bits per heavy atom. The summed E-state index contributed by atoms with van der Waals surface area (Å²) in [5, 5.41) is 3.50. The van der Waals surface area contributed by atoms with Gasteiger partial charge in [-0.3, -0.25) is 9.59 Å². The molecule has 6 nitrogen and oxygen atoms in total. The standard InChI is InChI=1S/C21H27N3O3S2/c1-15-18(16(2)24-21(23-15)28-3)10-11-20(26)27-14-19(25)22-12-7-13-29-17-8-5-4-6-9-17/h4-6,8-9H,7,10-14H2,1-3H3,(H,22,25). The summed E-state index contributed by atoms with van der Waals surface area (Å²) in [6.45, 7) is 4.15. The number of nitrogens with one attached hydrogen (secondary N) is 1. The minimum absolute atomic E-state index is 0.199. The molecule has 0 fully saturated rings. The Morgan fingerprint density at radius 3 is 2.45 bits per heavy atom.